The first kappa shape index (κ1) is 7.95. The Morgan fingerprint density at radius 1 is 1.60 bits per heavy atom. The molecule has 60 valence electrons. The van der Waals surface area contributed by atoms with Crippen LogP contribution in [0.3, 0.4) is 0 Å². The van der Waals surface area contributed by atoms with Crippen molar-refractivity contribution >= 4 is 0 Å². The number of rotatable bonds is 2. The first-order chi connectivity index (χ1) is 4.84. The molecule has 1 saturated heterocycles. The van der Waals surface area contributed by atoms with E-state index in [1.165, 1.54) is 6.42 Å². The lowest BCUT2D eigenvalue weighted by Gasteiger charge is -2.25. The molecule has 0 aliphatic carbocycles. The van der Waals surface area contributed by atoms with Crippen molar-refractivity contribution in [2.75, 3.05) is 13.1 Å². The van der Waals surface area contributed by atoms with Crippen LogP contribution in [0.2, 0.25) is 0 Å². The SMILES string of the molecule is NCC(F)C1CCCCN1. The number of halogens is 1. The number of hydrogen-bond donors (Lipinski definition) is 2. The second-order valence-corrected chi connectivity index (χ2v) is 2.81. The van der Waals surface area contributed by atoms with E-state index in [4.69, 9.17) is 5.73 Å². The zero-order chi connectivity index (χ0) is 7.40. The van der Waals surface area contributed by atoms with Crippen molar-refractivity contribution < 1.29 is 4.39 Å². The maximum atomic E-state index is 12.8. The van der Waals surface area contributed by atoms with Gasteiger partial charge in [0.1, 0.15) is 6.17 Å². The Bertz CT molecular complexity index is 91.6. The molecule has 3 N–H and O–H groups in total. The number of nitrogens with two attached hydrogens (primary N) is 1. The molecule has 2 atom stereocenters. The summed E-state index contributed by atoms with van der Waals surface area (Å²) in [5, 5.41) is 3.11. The Labute approximate surface area is 61.0 Å². The van der Waals surface area contributed by atoms with Gasteiger partial charge >= 0.3 is 0 Å². The first-order valence-electron chi connectivity index (χ1n) is 3.92. The molecular formula is C7H15FN2. The van der Waals surface area contributed by atoms with Gasteiger partial charge in [0.15, 0.2) is 0 Å². The highest BCUT2D eigenvalue weighted by Gasteiger charge is 2.20. The highest BCUT2D eigenvalue weighted by molar-refractivity contribution is 4.79. The van der Waals surface area contributed by atoms with Crippen molar-refractivity contribution in [3.05, 3.63) is 0 Å². The molecule has 0 aromatic carbocycles. The van der Waals surface area contributed by atoms with Gasteiger partial charge in [-0.25, -0.2) is 4.39 Å². The molecule has 0 aromatic rings. The summed E-state index contributed by atoms with van der Waals surface area (Å²) in [5.74, 6) is 0. The largest absolute Gasteiger partial charge is 0.328 e. The maximum absolute atomic E-state index is 12.8. The molecule has 0 bridgehead atoms. The Kier molecular flexibility index (Phi) is 3.09. The fourth-order valence-corrected chi connectivity index (χ4v) is 1.35. The van der Waals surface area contributed by atoms with Gasteiger partial charge in [-0.3, -0.25) is 0 Å². The standard InChI is InChI=1S/C7H15FN2/c8-6(5-9)7-3-1-2-4-10-7/h6-7,10H,1-5,9H2. The Balaban J connectivity index is 2.24. The second-order valence-electron chi connectivity index (χ2n) is 2.81. The average Bonchev–Trinajstić information content (AvgIpc) is 2.05. The van der Waals surface area contributed by atoms with Gasteiger partial charge in [0, 0.05) is 12.6 Å². The summed E-state index contributed by atoms with van der Waals surface area (Å²) >= 11 is 0. The van der Waals surface area contributed by atoms with E-state index in [-0.39, 0.29) is 12.6 Å². The molecule has 1 heterocycles. The lowest BCUT2D eigenvalue weighted by molar-refractivity contribution is 0.224. The highest BCUT2D eigenvalue weighted by Crippen LogP contribution is 2.11. The molecule has 0 saturated carbocycles. The predicted molar refractivity (Wildman–Crippen MR) is 39.6 cm³/mol. The number of nitrogens with one attached hydrogen (secondary N) is 1. The normalized spacial score (nSPS) is 30.0. The summed E-state index contributed by atoms with van der Waals surface area (Å²) in [6.07, 6.45) is 2.41. The van der Waals surface area contributed by atoms with Gasteiger partial charge < -0.3 is 11.1 Å². The van der Waals surface area contributed by atoms with Crippen LogP contribution in [-0.4, -0.2) is 25.3 Å². The van der Waals surface area contributed by atoms with E-state index in [0.29, 0.717) is 0 Å². The summed E-state index contributed by atoms with van der Waals surface area (Å²) < 4.78 is 12.8. The van der Waals surface area contributed by atoms with Crippen molar-refractivity contribution in [3.8, 4) is 0 Å². The van der Waals surface area contributed by atoms with Gasteiger partial charge in [0.2, 0.25) is 0 Å². The van der Waals surface area contributed by atoms with Crippen LogP contribution >= 0.6 is 0 Å². The lowest BCUT2D eigenvalue weighted by atomic mass is 10.0. The summed E-state index contributed by atoms with van der Waals surface area (Å²) in [6, 6.07) is 0.0266. The fourth-order valence-electron chi connectivity index (χ4n) is 1.35. The topological polar surface area (TPSA) is 38.0 Å². The number of hydrogen-bond acceptors (Lipinski definition) is 2. The maximum Gasteiger partial charge on any atom is 0.127 e. The molecule has 10 heavy (non-hydrogen) atoms. The molecule has 0 aromatic heterocycles. The van der Waals surface area contributed by atoms with Crippen LogP contribution in [0.4, 0.5) is 4.39 Å². The predicted octanol–water partition coefficient (Wildman–Crippen LogP) is 0.425. The molecule has 2 nitrogen and oxygen atoms in total. The first-order valence-corrected chi connectivity index (χ1v) is 3.92. The van der Waals surface area contributed by atoms with Gasteiger partial charge in [-0.2, -0.15) is 0 Å². The Morgan fingerprint density at radius 3 is 2.90 bits per heavy atom. The van der Waals surface area contributed by atoms with Crippen LogP contribution in [0, 0.1) is 0 Å². The minimum absolute atomic E-state index is 0.0266. The van der Waals surface area contributed by atoms with E-state index in [9.17, 15) is 4.39 Å². The van der Waals surface area contributed by atoms with Gasteiger partial charge in [0.25, 0.3) is 0 Å². The van der Waals surface area contributed by atoms with Crippen molar-refractivity contribution in [2.24, 2.45) is 5.73 Å². The molecule has 2 unspecified atom stereocenters. The minimum Gasteiger partial charge on any atom is -0.328 e. The van der Waals surface area contributed by atoms with Gasteiger partial charge in [-0.1, -0.05) is 6.42 Å². The van der Waals surface area contributed by atoms with E-state index in [2.05, 4.69) is 5.32 Å². The van der Waals surface area contributed by atoms with E-state index in [0.717, 1.165) is 19.4 Å². The average molecular weight is 146 g/mol. The molecular weight excluding hydrogens is 131 g/mol. The summed E-state index contributed by atoms with van der Waals surface area (Å²) in [7, 11) is 0. The Hall–Kier alpha value is -0.150. The van der Waals surface area contributed by atoms with Crippen LogP contribution in [0.15, 0.2) is 0 Å². The lowest BCUT2D eigenvalue weighted by Crippen LogP contribution is -2.44. The van der Waals surface area contributed by atoms with Crippen LogP contribution in [0.25, 0.3) is 0 Å². The molecule has 1 fully saturated rings. The van der Waals surface area contributed by atoms with Crippen LogP contribution in [-0.2, 0) is 0 Å². The van der Waals surface area contributed by atoms with Gasteiger partial charge in [-0.15, -0.1) is 0 Å². The third-order valence-corrected chi connectivity index (χ3v) is 2.01. The van der Waals surface area contributed by atoms with E-state index in [1.807, 2.05) is 0 Å². The van der Waals surface area contributed by atoms with Crippen molar-refractivity contribution in [1.29, 1.82) is 0 Å². The van der Waals surface area contributed by atoms with Crippen LogP contribution < -0.4 is 11.1 Å². The summed E-state index contributed by atoms with van der Waals surface area (Å²) in [6.45, 7) is 1.10. The fraction of sp³-hybridized carbons (Fsp3) is 1.00. The quantitative estimate of drug-likeness (QED) is 0.592. The summed E-state index contributed by atoms with van der Waals surface area (Å²) in [5.41, 5.74) is 5.19. The van der Waals surface area contributed by atoms with E-state index < -0.39 is 6.17 Å². The zero-order valence-electron chi connectivity index (χ0n) is 6.15. The number of alkyl halides is 1. The van der Waals surface area contributed by atoms with E-state index >= 15 is 0 Å². The number of piperidine rings is 1. The molecule has 0 amide bonds. The van der Waals surface area contributed by atoms with Gasteiger partial charge in [0.05, 0.1) is 0 Å². The molecule has 1 rings (SSSR count). The second kappa shape index (κ2) is 3.88. The van der Waals surface area contributed by atoms with Crippen molar-refractivity contribution in [1.82, 2.24) is 5.32 Å². The molecule has 3 heteroatoms. The molecule has 0 radical (unpaired) electrons. The molecule has 0 spiro atoms. The molecule has 1 aliphatic heterocycles. The highest BCUT2D eigenvalue weighted by atomic mass is 19.1. The molecule has 1 aliphatic rings. The third-order valence-electron chi connectivity index (χ3n) is 2.01. The smallest absolute Gasteiger partial charge is 0.127 e. The van der Waals surface area contributed by atoms with Crippen molar-refractivity contribution in [3.63, 3.8) is 0 Å². The van der Waals surface area contributed by atoms with Gasteiger partial charge in [-0.05, 0) is 19.4 Å². The van der Waals surface area contributed by atoms with Crippen LogP contribution in [0.5, 0.6) is 0 Å². The van der Waals surface area contributed by atoms with Crippen LogP contribution in [0.1, 0.15) is 19.3 Å². The Morgan fingerprint density at radius 2 is 2.40 bits per heavy atom. The monoisotopic (exact) mass is 146 g/mol. The van der Waals surface area contributed by atoms with Crippen molar-refractivity contribution in [2.45, 2.75) is 31.5 Å². The van der Waals surface area contributed by atoms with E-state index in [1.54, 1.807) is 0 Å². The minimum atomic E-state index is -0.847. The zero-order valence-corrected chi connectivity index (χ0v) is 6.15. The third kappa shape index (κ3) is 1.92. The summed E-state index contributed by atoms with van der Waals surface area (Å²) in [4.78, 5) is 0.